The summed E-state index contributed by atoms with van der Waals surface area (Å²) in [6, 6.07) is 8.17. The second-order valence-electron chi connectivity index (χ2n) is 7.69. The van der Waals surface area contributed by atoms with Crippen molar-refractivity contribution in [1.82, 2.24) is 19.5 Å². The van der Waals surface area contributed by atoms with Gasteiger partial charge in [0.15, 0.2) is 23.2 Å². The van der Waals surface area contributed by atoms with Gasteiger partial charge in [-0.25, -0.2) is 10.5 Å². The molecule has 31 heavy (non-hydrogen) atoms. The Morgan fingerprint density at radius 1 is 1.23 bits per heavy atom. The summed E-state index contributed by atoms with van der Waals surface area (Å²) in [4.78, 5) is 18.7. The Hall–Kier alpha value is -2.34. The number of halogens is 1. The van der Waals surface area contributed by atoms with Gasteiger partial charge in [0.1, 0.15) is 24.4 Å². The number of anilines is 1. The van der Waals surface area contributed by atoms with Crippen LogP contribution in [0.5, 0.6) is 0 Å². The van der Waals surface area contributed by atoms with E-state index >= 15 is 0 Å². The molecule has 2 aliphatic rings. The SMILES string of the molecule is OCC1OC(n2cnc3c(NOC4CCCc5ccccc54)nc(Cl)nc32)C(O)C1O. The summed E-state index contributed by atoms with van der Waals surface area (Å²) in [5.41, 5.74) is 5.94. The average Bonchev–Trinajstić information content (AvgIpc) is 3.32. The molecular formula is C20H22ClN5O5. The molecule has 1 aromatic carbocycles. The molecule has 10 nitrogen and oxygen atoms in total. The average molecular weight is 448 g/mol. The Bertz CT molecular complexity index is 1100. The van der Waals surface area contributed by atoms with Crippen molar-refractivity contribution in [2.75, 3.05) is 12.1 Å². The maximum absolute atomic E-state index is 10.3. The van der Waals surface area contributed by atoms with Crippen LogP contribution in [0.15, 0.2) is 30.6 Å². The van der Waals surface area contributed by atoms with Crippen LogP contribution in [0.3, 0.4) is 0 Å². The molecule has 5 unspecified atom stereocenters. The van der Waals surface area contributed by atoms with Gasteiger partial charge in [-0.2, -0.15) is 9.97 Å². The van der Waals surface area contributed by atoms with E-state index in [-0.39, 0.29) is 17.2 Å². The number of nitrogens with one attached hydrogen (secondary N) is 1. The molecular weight excluding hydrogens is 426 g/mol. The van der Waals surface area contributed by atoms with E-state index in [2.05, 4.69) is 32.6 Å². The molecule has 1 fully saturated rings. The summed E-state index contributed by atoms with van der Waals surface area (Å²) in [5, 5.41) is 29.7. The normalized spacial score (nSPS) is 28.1. The van der Waals surface area contributed by atoms with Gasteiger partial charge in [-0.3, -0.25) is 9.40 Å². The van der Waals surface area contributed by atoms with Gasteiger partial charge in [0.2, 0.25) is 5.28 Å². The van der Waals surface area contributed by atoms with Gasteiger partial charge in [-0.1, -0.05) is 24.3 Å². The lowest BCUT2D eigenvalue weighted by Gasteiger charge is -2.25. The van der Waals surface area contributed by atoms with Crippen LogP contribution in [0.1, 0.15) is 36.3 Å². The number of benzene rings is 1. The standard InChI is InChI=1S/C20H22ClN5O5/c21-20-23-17(25-31-12-7-3-5-10-4-1-2-6-11(10)12)14-18(24-20)26(9-22-14)19-16(29)15(28)13(8-27)30-19/h1-2,4,6,9,12-13,15-16,19,27-29H,3,5,7-8H2,(H,23,24,25). The van der Waals surface area contributed by atoms with Crippen LogP contribution in [0.25, 0.3) is 11.2 Å². The predicted molar refractivity (Wildman–Crippen MR) is 110 cm³/mol. The van der Waals surface area contributed by atoms with Crippen molar-refractivity contribution >= 4 is 28.6 Å². The molecule has 11 heteroatoms. The van der Waals surface area contributed by atoms with E-state index in [0.717, 1.165) is 24.8 Å². The second kappa shape index (κ2) is 8.30. The smallest absolute Gasteiger partial charge is 0.226 e. The Balaban J connectivity index is 1.42. The summed E-state index contributed by atoms with van der Waals surface area (Å²) < 4.78 is 7.03. The molecule has 1 aliphatic carbocycles. The molecule has 2 aromatic heterocycles. The number of hydrogen-bond donors (Lipinski definition) is 4. The Morgan fingerprint density at radius 2 is 2.06 bits per heavy atom. The second-order valence-corrected chi connectivity index (χ2v) is 8.03. The van der Waals surface area contributed by atoms with Gasteiger partial charge in [0, 0.05) is 0 Å². The van der Waals surface area contributed by atoms with Gasteiger partial charge in [0.05, 0.1) is 12.9 Å². The summed E-state index contributed by atoms with van der Waals surface area (Å²) in [6.45, 7) is -0.430. The summed E-state index contributed by atoms with van der Waals surface area (Å²) in [6.07, 6.45) is -0.232. The van der Waals surface area contributed by atoms with Crippen LogP contribution in [-0.4, -0.2) is 59.8 Å². The lowest BCUT2D eigenvalue weighted by atomic mass is 9.90. The first-order valence-electron chi connectivity index (χ1n) is 10.1. The zero-order valence-electron chi connectivity index (χ0n) is 16.4. The van der Waals surface area contributed by atoms with Gasteiger partial charge < -0.3 is 20.1 Å². The Morgan fingerprint density at radius 3 is 2.87 bits per heavy atom. The monoisotopic (exact) mass is 447 g/mol. The quantitative estimate of drug-likeness (QED) is 0.339. The summed E-state index contributed by atoms with van der Waals surface area (Å²) in [7, 11) is 0. The van der Waals surface area contributed by atoms with Crippen molar-refractivity contribution in [2.24, 2.45) is 0 Å². The number of rotatable bonds is 5. The van der Waals surface area contributed by atoms with Crippen LogP contribution in [0.4, 0.5) is 5.82 Å². The molecule has 0 spiro atoms. The van der Waals surface area contributed by atoms with Crippen molar-refractivity contribution in [3.63, 3.8) is 0 Å². The number of aromatic nitrogens is 4. The van der Waals surface area contributed by atoms with Crippen molar-refractivity contribution < 1.29 is 24.9 Å². The Kier molecular flexibility index (Phi) is 5.51. The summed E-state index contributed by atoms with van der Waals surface area (Å²) >= 11 is 6.13. The largest absolute Gasteiger partial charge is 0.394 e. The van der Waals surface area contributed by atoms with E-state index in [4.69, 9.17) is 21.2 Å². The minimum atomic E-state index is -1.27. The molecule has 164 valence electrons. The lowest BCUT2D eigenvalue weighted by Crippen LogP contribution is -2.33. The number of nitrogens with zero attached hydrogens (tertiary/aromatic N) is 4. The van der Waals surface area contributed by atoms with E-state index < -0.39 is 31.1 Å². The van der Waals surface area contributed by atoms with E-state index in [0.29, 0.717) is 11.2 Å². The molecule has 3 aromatic rings. The van der Waals surface area contributed by atoms with Crippen LogP contribution in [-0.2, 0) is 16.0 Å². The fourth-order valence-electron chi connectivity index (χ4n) is 4.22. The van der Waals surface area contributed by atoms with Gasteiger partial charge in [0.25, 0.3) is 0 Å². The van der Waals surface area contributed by atoms with Crippen molar-refractivity contribution in [2.45, 2.75) is 49.9 Å². The van der Waals surface area contributed by atoms with E-state index in [9.17, 15) is 15.3 Å². The molecule has 1 saturated heterocycles. The van der Waals surface area contributed by atoms with Crippen LogP contribution in [0.2, 0.25) is 5.28 Å². The zero-order chi connectivity index (χ0) is 21.5. The number of aliphatic hydroxyl groups is 3. The molecule has 1 aliphatic heterocycles. The minimum Gasteiger partial charge on any atom is -0.394 e. The number of imidazole rings is 1. The minimum absolute atomic E-state index is 0.0452. The number of aliphatic hydroxyl groups excluding tert-OH is 3. The first-order valence-corrected chi connectivity index (χ1v) is 10.5. The first-order chi connectivity index (χ1) is 15.1. The van der Waals surface area contributed by atoms with Gasteiger partial charge in [-0.15, -0.1) is 0 Å². The lowest BCUT2D eigenvalue weighted by molar-refractivity contribution is -0.0511. The fraction of sp³-hybridized carbons (Fsp3) is 0.450. The number of ether oxygens (including phenoxy) is 1. The fourth-order valence-corrected chi connectivity index (χ4v) is 4.38. The summed E-state index contributed by atoms with van der Waals surface area (Å²) in [5.74, 6) is 0.281. The van der Waals surface area contributed by atoms with Gasteiger partial charge >= 0.3 is 0 Å². The molecule has 4 N–H and O–H groups in total. The van der Waals surface area contributed by atoms with E-state index in [1.165, 1.54) is 16.5 Å². The predicted octanol–water partition coefficient (Wildman–Crippen LogP) is 1.51. The van der Waals surface area contributed by atoms with Crippen molar-refractivity contribution in [1.29, 1.82) is 0 Å². The highest BCUT2D eigenvalue weighted by atomic mass is 35.5. The third-order valence-electron chi connectivity index (χ3n) is 5.80. The van der Waals surface area contributed by atoms with Crippen molar-refractivity contribution in [3.8, 4) is 0 Å². The highest BCUT2D eigenvalue weighted by Crippen LogP contribution is 2.35. The van der Waals surface area contributed by atoms with Crippen LogP contribution in [0, 0.1) is 0 Å². The maximum atomic E-state index is 10.3. The number of fused-ring (bicyclic) bond motifs is 2. The van der Waals surface area contributed by atoms with E-state index in [1.54, 1.807) is 0 Å². The first kappa shape index (κ1) is 20.6. The maximum Gasteiger partial charge on any atom is 0.226 e. The Labute approximate surface area is 182 Å². The van der Waals surface area contributed by atoms with Crippen molar-refractivity contribution in [3.05, 3.63) is 47.0 Å². The molecule has 5 atom stereocenters. The highest BCUT2D eigenvalue weighted by molar-refractivity contribution is 6.28. The highest BCUT2D eigenvalue weighted by Gasteiger charge is 2.44. The molecule has 0 radical (unpaired) electrons. The van der Waals surface area contributed by atoms with Gasteiger partial charge in [-0.05, 0) is 42.0 Å². The molecule has 0 saturated carbocycles. The van der Waals surface area contributed by atoms with E-state index in [1.807, 2.05) is 12.1 Å². The van der Waals surface area contributed by atoms with Crippen LogP contribution < -0.4 is 5.48 Å². The molecule has 5 rings (SSSR count). The van der Waals surface area contributed by atoms with Crippen LogP contribution >= 0.6 is 11.6 Å². The molecule has 0 amide bonds. The third kappa shape index (κ3) is 3.65. The third-order valence-corrected chi connectivity index (χ3v) is 5.97. The molecule has 3 heterocycles. The zero-order valence-corrected chi connectivity index (χ0v) is 17.2. The number of aryl methyl sites for hydroxylation is 1. The number of hydrogen-bond acceptors (Lipinski definition) is 9. The topological polar surface area (TPSA) is 135 Å². The molecule has 0 bridgehead atoms.